The smallest absolute Gasteiger partial charge is 0.409 e. The van der Waals surface area contributed by atoms with Crippen LogP contribution in [-0.2, 0) is 24.0 Å². The highest BCUT2D eigenvalue weighted by molar-refractivity contribution is 5.67. The molecule has 6 rings (SSSR count). The van der Waals surface area contributed by atoms with E-state index in [-0.39, 0.29) is 11.8 Å². The molecule has 8 heteroatoms. The van der Waals surface area contributed by atoms with Crippen LogP contribution in [-0.4, -0.2) is 49.7 Å². The highest BCUT2D eigenvalue weighted by atomic mass is 17.3. The van der Waals surface area contributed by atoms with Gasteiger partial charge >= 0.3 is 6.09 Å². The molecular weight excluding hydrogens is 388 g/mol. The lowest BCUT2D eigenvalue weighted by Crippen LogP contribution is -2.70. The second kappa shape index (κ2) is 7.89. The molecule has 0 radical (unpaired) electrons. The Morgan fingerprint density at radius 2 is 1.90 bits per heavy atom. The largest absolute Gasteiger partial charge is 0.419 e. The second-order valence-electron chi connectivity index (χ2n) is 10.3. The van der Waals surface area contributed by atoms with E-state index >= 15 is 0 Å². The third-order valence-corrected chi connectivity index (χ3v) is 8.31. The van der Waals surface area contributed by atoms with Crippen molar-refractivity contribution in [1.29, 1.82) is 0 Å². The van der Waals surface area contributed by atoms with Gasteiger partial charge in [0.05, 0.1) is 0 Å². The third-order valence-electron chi connectivity index (χ3n) is 8.31. The number of hydrogen-bond donors (Lipinski definition) is 2. The molecule has 5 saturated heterocycles. The van der Waals surface area contributed by atoms with Gasteiger partial charge in [0, 0.05) is 24.8 Å². The van der Waals surface area contributed by atoms with Crippen molar-refractivity contribution in [3.63, 3.8) is 0 Å². The van der Waals surface area contributed by atoms with Gasteiger partial charge in [-0.25, -0.2) is 14.6 Å². The topological polar surface area (TPSA) is 87.3 Å². The molecule has 0 aromatic rings. The maximum Gasteiger partial charge on any atom is 0.409 e. The number of amides is 1. The maximum absolute atomic E-state index is 12.5. The zero-order valence-corrected chi connectivity index (χ0v) is 18.4. The lowest BCUT2D eigenvalue weighted by atomic mass is 9.58. The Morgan fingerprint density at radius 1 is 1.10 bits per heavy atom. The number of rotatable bonds is 3. The molecule has 6 fully saturated rings. The fourth-order valence-corrected chi connectivity index (χ4v) is 6.47. The summed E-state index contributed by atoms with van der Waals surface area (Å²) in [5.74, 6) is 0.650. The molecule has 2 bridgehead atoms. The van der Waals surface area contributed by atoms with Crippen LogP contribution in [0.1, 0.15) is 59.3 Å². The lowest BCUT2D eigenvalue weighted by Gasteiger charge is -2.59. The van der Waals surface area contributed by atoms with E-state index in [1.165, 1.54) is 0 Å². The van der Waals surface area contributed by atoms with Crippen molar-refractivity contribution in [1.82, 2.24) is 10.6 Å². The van der Waals surface area contributed by atoms with Crippen LogP contribution in [0.3, 0.4) is 0 Å². The first-order valence-corrected chi connectivity index (χ1v) is 11.8. The van der Waals surface area contributed by atoms with Crippen molar-refractivity contribution in [2.24, 2.45) is 29.6 Å². The number of carbonyl (C=O) groups is 1. The minimum Gasteiger partial charge on any atom is -0.419 e. The van der Waals surface area contributed by atoms with Crippen molar-refractivity contribution in [2.75, 3.05) is 19.6 Å². The van der Waals surface area contributed by atoms with Crippen LogP contribution in [0.5, 0.6) is 0 Å². The van der Waals surface area contributed by atoms with E-state index in [2.05, 4.69) is 24.5 Å². The van der Waals surface area contributed by atoms with Crippen LogP contribution in [0.25, 0.3) is 0 Å². The Bertz CT molecular complexity index is 658. The van der Waals surface area contributed by atoms with Gasteiger partial charge in [-0.05, 0) is 69.9 Å². The summed E-state index contributed by atoms with van der Waals surface area (Å²) < 4.78 is 18.4. The van der Waals surface area contributed by atoms with E-state index < -0.39 is 30.1 Å². The Hall–Kier alpha value is -0.930. The highest BCUT2D eigenvalue weighted by Gasteiger charge is 2.69. The summed E-state index contributed by atoms with van der Waals surface area (Å²) in [7, 11) is 0. The van der Waals surface area contributed by atoms with Gasteiger partial charge in [-0.2, -0.15) is 0 Å². The molecule has 0 aromatic carbocycles. The zero-order chi connectivity index (χ0) is 20.9. The molecule has 1 spiro atoms. The molecule has 0 aromatic heterocycles. The van der Waals surface area contributed by atoms with Gasteiger partial charge in [0.1, 0.15) is 0 Å². The van der Waals surface area contributed by atoms with Crippen molar-refractivity contribution >= 4 is 6.09 Å². The van der Waals surface area contributed by atoms with Gasteiger partial charge < -0.3 is 24.8 Å². The molecule has 170 valence electrons. The minimum absolute atomic E-state index is 0.00413. The fourth-order valence-electron chi connectivity index (χ4n) is 6.47. The summed E-state index contributed by atoms with van der Waals surface area (Å²) in [6.45, 7) is 8.94. The molecule has 1 saturated carbocycles. The number of alkyl carbamates (subject to hydrolysis) is 1. The van der Waals surface area contributed by atoms with Crippen molar-refractivity contribution in [3.8, 4) is 0 Å². The number of ether oxygens (including phenoxy) is 3. The summed E-state index contributed by atoms with van der Waals surface area (Å²) in [6, 6.07) is 0. The highest BCUT2D eigenvalue weighted by Crippen LogP contribution is 2.60. The van der Waals surface area contributed by atoms with Crippen LogP contribution in [0.4, 0.5) is 4.79 Å². The fraction of sp³-hybridized carbons (Fsp3) is 0.955. The Morgan fingerprint density at radius 3 is 2.70 bits per heavy atom. The number of piperidine rings is 1. The van der Waals surface area contributed by atoms with Crippen molar-refractivity contribution < 1.29 is 28.8 Å². The Balaban J connectivity index is 1.29. The van der Waals surface area contributed by atoms with Crippen molar-refractivity contribution in [3.05, 3.63) is 0 Å². The molecule has 1 unspecified atom stereocenters. The van der Waals surface area contributed by atoms with E-state index in [1.807, 2.05) is 6.92 Å². The van der Waals surface area contributed by atoms with E-state index in [0.29, 0.717) is 24.3 Å². The van der Waals surface area contributed by atoms with Crippen LogP contribution < -0.4 is 10.6 Å². The number of hydrogen-bond acceptors (Lipinski definition) is 7. The van der Waals surface area contributed by atoms with Crippen molar-refractivity contribution in [2.45, 2.75) is 83.3 Å². The van der Waals surface area contributed by atoms with E-state index in [1.54, 1.807) is 0 Å². The molecule has 8 atom stereocenters. The van der Waals surface area contributed by atoms with E-state index in [9.17, 15) is 4.79 Å². The van der Waals surface area contributed by atoms with Crippen LogP contribution >= 0.6 is 0 Å². The van der Waals surface area contributed by atoms with Crippen LogP contribution in [0.15, 0.2) is 0 Å². The molecule has 8 nitrogen and oxygen atoms in total. The van der Waals surface area contributed by atoms with Gasteiger partial charge in [-0.15, -0.1) is 0 Å². The maximum atomic E-state index is 12.5. The second-order valence-corrected chi connectivity index (χ2v) is 10.3. The predicted octanol–water partition coefficient (Wildman–Crippen LogP) is 2.92. The average Bonchev–Trinajstić information content (AvgIpc) is 2.97. The number of fused-ring (bicyclic) bond motifs is 2. The van der Waals surface area contributed by atoms with Gasteiger partial charge in [-0.3, -0.25) is 0 Å². The lowest BCUT2D eigenvalue weighted by molar-refractivity contribution is -0.576. The third kappa shape index (κ3) is 3.45. The summed E-state index contributed by atoms with van der Waals surface area (Å²) in [5, 5.41) is 6.29. The molecular formula is C22H36N2O6. The molecule has 6 aliphatic rings. The summed E-state index contributed by atoms with van der Waals surface area (Å²) >= 11 is 0. The quantitative estimate of drug-likeness (QED) is 0.674. The SMILES string of the molecule is C[C@@H]1CC[C@H]2[C@@H](C)C(OC(=O)NCC3CCNCC3)O[C@@H]3O[C@@]4(C)CC[C@@H]1[C@]32OO4. The standard InChI is InChI=1S/C22H36N2O6/c1-13-4-5-17-14(2)18(27-20(25)24-12-15-7-10-23-11-8-15)26-19-22(17)16(13)6-9-21(3,28-19)29-30-22/h13-19,23H,4-12H2,1-3H3,(H,24,25)/t13-,14-,16+,17+,18?,19-,21-,22-/m1/s1. The van der Waals surface area contributed by atoms with Crippen LogP contribution in [0, 0.1) is 29.6 Å². The summed E-state index contributed by atoms with van der Waals surface area (Å²) in [6.07, 6.45) is 4.37. The van der Waals surface area contributed by atoms with Gasteiger partial charge in [0.2, 0.25) is 12.1 Å². The first-order chi connectivity index (χ1) is 14.4. The summed E-state index contributed by atoms with van der Waals surface area (Å²) in [4.78, 5) is 24.5. The van der Waals surface area contributed by atoms with Gasteiger partial charge in [-0.1, -0.05) is 13.8 Å². The average molecular weight is 425 g/mol. The molecule has 2 N–H and O–H groups in total. The van der Waals surface area contributed by atoms with Gasteiger partial charge in [0.25, 0.3) is 0 Å². The molecule has 1 aliphatic carbocycles. The van der Waals surface area contributed by atoms with Crippen LogP contribution in [0.2, 0.25) is 0 Å². The summed E-state index contributed by atoms with van der Waals surface area (Å²) in [5.41, 5.74) is -0.626. The molecule has 1 amide bonds. The Labute approximate surface area is 178 Å². The van der Waals surface area contributed by atoms with Gasteiger partial charge in [0.15, 0.2) is 11.9 Å². The minimum atomic E-state index is -0.820. The molecule has 5 aliphatic heterocycles. The predicted molar refractivity (Wildman–Crippen MR) is 107 cm³/mol. The molecule has 5 heterocycles. The monoisotopic (exact) mass is 424 g/mol. The molecule has 30 heavy (non-hydrogen) atoms. The van der Waals surface area contributed by atoms with E-state index in [4.69, 9.17) is 24.0 Å². The normalized spacial score (nSPS) is 48.5. The number of nitrogens with one attached hydrogen (secondary N) is 2. The first kappa shape index (κ1) is 20.9. The number of carbonyl (C=O) groups excluding carboxylic acids is 1. The Kier molecular flexibility index (Phi) is 5.51. The van der Waals surface area contributed by atoms with E-state index in [0.717, 1.165) is 51.6 Å². The first-order valence-electron chi connectivity index (χ1n) is 11.8. The zero-order valence-electron chi connectivity index (χ0n) is 18.4.